The van der Waals surface area contributed by atoms with Crippen molar-refractivity contribution in [3.8, 4) is 11.5 Å². The molecule has 0 unspecified atom stereocenters. The van der Waals surface area contributed by atoms with Gasteiger partial charge in [0.1, 0.15) is 11.5 Å². The summed E-state index contributed by atoms with van der Waals surface area (Å²) in [6.07, 6.45) is 1.66. The Kier molecular flexibility index (Phi) is 7.45. The van der Waals surface area contributed by atoms with E-state index in [1.165, 1.54) is 0 Å². The maximum Gasteiger partial charge on any atom is 0.368 e. The van der Waals surface area contributed by atoms with Crippen molar-refractivity contribution in [1.82, 2.24) is 0 Å². The van der Waals surface area contributed by atoms with E-state index >= 15 is 0 Å². The third-order valence-electron chi connectivity index (χ3n) is 5.80. The Labute approximate surface area is 199 Å². The highest BCUT2D eigenvalue weighted by Gasteiger charge is 2.35. The molecule has 0 bridgehead atoms. The maximum absolute atomic E-state index is 13.1. The van der Waals surface area contributed by atoms with Crippen LogP contribution < -0.4 is 4.74 Å². The van der Waals surface area contributed by atoms with Gasteiger partial charge < -0.3 is 14.4 Å². The van der Waals surface area contributed by atoms with E-state index in [1.807, 2.05) is 62.4 Å². The third-order valence-corrected chi connectivity index (χ3v) is 7.63. The average molecular weight is 487 g/mol. The van der Waals surface area contributed by atoms with E-state index in [0.29, 0.717) is 29.5 Å². The SMILES string of the molecule is CCc1cc(Cc2ccc(OC[P@@]3(=O)OCC[C@@H](c4cccc(Cl)c4)O3)cc2C)ccc1O. The predicted molar refractivity (Wildman–Crippen MR) is 130 cm³/mol. The molecular formula is C26H28ClO5P. The molecule has 1 aliphatic rings. The van der Waals surface area contributed by atoms with E-state index in [0.717, 1.165) is 40.7 Å². The van der Waals surface area contributed by atoms with Crippen LogP contribution in [0.3, 0.4) is 0 Å². The lowest BCUT2D eigenvalue weighted by Crippen LogP contribution is -2.17. The van der Waals surface area contributed by atoms with Crippen LogP contribution in [0, 0.1) is 6.92 Å². The Hall–Kier alpha value is -2.30. The van der Waals surface area contributed by atoms with Gasteiger partial charge in [0.05, 0.1) is 12.7 Å². The first-order valence-corrected chi connectivity index (χ1v) is 13.2. The van der Waals surface area contributed by atoms with Crippen molar-refractivity contribution in [2.75, 3.05) is 13.0 Å². The molecule has 3 aromatic rings. The summed E-state index contributed by atoms with van der Waals surface area (Å²) in [5.74, 6) is 0.949. The van der Waals surface area contributed by atoms with Crippen LogP contribution in [0.5, 0.6) is 11.5 Å². The van der Waals surface area contributed by atoms with Gasteiger partial charge in [-0.1, -0.05) is 48.9 Å². The Morgan fingerprint density at radius 2 is 1.97 bits per heavy atom. The molecular weight excluding hydrogens is 459 g/mol. The van der Waals surface area contributed by atoms with Crippen LogP contribution in [-0.4, -0.2) is 18.1 Å². The van der Waals surface area contributed by atoms with Gasteiger partial charge in [-0.3, -0.25) is 9.09 Å². The van der Waals surface area contributed by atoms with Crippen molar-refractivity contribution in [2.45, 2.75) is 39.2 Å². The zero-order chi connectivity index (χ0) is 23.4. The van der Waals surface area contributed by atoms with Gasteiger partial charge in [-0.05, 0) is 77.9 Å². The predicted octanol–water partition coefficient (Wildman–Crippen LogP) is 7.21. The summed E-state index contributed by atoms with van der Waals surface area (Å²) in [6, 6.07) is 18.9. The molecule has 1 N–H and O–H groups in total. The lowest BCUT2D eigenvalue weighted by molar-refractivity contribution is 0.0725. The normalized spacial score (nSPS) is 20.5. The van der Waals surface area contributed by atoms with Gasteiger partial charge in [-0.2, -0.15) is 0 Å². The fraction of sp³-hybridized carbons (Fsp3) is 0.308. The van der Waals surface area contributed by atoms with Crippen LogP contribution >= 0.6 is 19.2 Å². The Balaban J connectivity index is 1.40. The zero-order valence-corrected chi connectivity index (χ0v) is 20.4. The van der Waals surface area contributed by atoms with Crippen LogP contribution in [0.4, 0.5) is 0 Å². The molecule has 1 saturated heterocycles. The van der Waals surface area contributed by atoms with Crippen molar-refractivity contribution in [2.24, 2.45) is 0 Å². The van der Waals surface area contributed by atoms with Gasteiger partial charge >= 0.3 is 7.60 Å². The summed E-state index contributed by atoms with van der Waals surface area (Å²) in [6.45, 7) is 4.38. The minimum atomic E-state index is -3.40. The fourth-order valence-electron chi connectivity index (χ4n) is 3.94. The first-order valence-electron chi connectivity index (χ1n) is 11.1. The Bertz CT molecular complexity index is 1180. The van der Waals surface area contributed by atoms with E-state index < -0.39 is 7.60 Å². The molecule has 1 fully saturated rings. The highest BCUT2D eigenvalue weighted by Crippen LogP contribution is 2.56. The molecule has 3 aromatic carbocycles. The number of phenols is 1. The Morgan fingerprint density at radius 3 is 2.73 bits per heavy atom. The van der Waals surface area contributed by atoms with Gasteiger partial charge in [-0.25, -0.2) is 0 Å². The molecule has 2 atom stereocenters. The summed E-state index contributed by atoms with van der Waals surface area (Å²) in [5, 5.41) is 10.5. The van der Waals surface area contributed by atoms with E-state index in [4.69, 9.17) is 25.4 Å². The van der Waals surface area contributed by atoms with Crippen LogP contribution in [0.1, 0.15) is 47.3 Å². The van der Waals surface area contributed by atoms with Crippen LogP contribution in [0.2, 0.25) is 5.02 Å². The lowest BCUT2D eigenvalue weighted by atomic mass is 9.98. The van der Waals surface area contributed by atoms with E-state index in [2.05, 4.69) is 0 Å². The molecule has 0 radical (unpaired) electrons. The molecule has 174 valence electrons. The number of phenolic OH excluding ortho intramolecular Hbond substituents is 1. The standard InChI is InChI=1S/C26H28ClO5P/c1-3-20-14-19(7-10-25(20)28)15-21-8-9-24(13-18(21)2)30-17-33(29)31-12-11-26(32-33)22-5-4-6-23(27)16-22/h4-10,13-14,16,26,28H,3,11-12,15,17H2,1-2H3/t26-,33+/m0/s1. The number of aryl methyl sites for hydroxylation is 2. The van der Waals surface area contributed by atoms with Gasteiger partial charge in [0.15, 0.2) is 6.35 Å². The molecule has 0 saturated carbocycles. The number of rotatable bonds is 7. The largest absolute Gasteiger partial charge is 0.508 e. The first kappa shape index (κ1) is 23.8. The topological polar surface area (TPSA) is 65.0 Å². The number of hydrogen-bond donors (Lipinski definition) is 1. The quantitative estimate of drug-likeness (QED) is 0.357. The molecule has 0 aromatic heterocycles. The molecule has 1 heterocycles. The summed E-state index contributed by atoms with van der Waals surface area (Å²) >= 11 is 6.09. The minimum absolute atomic E-state index is 0.152. The van der Waals surface area contributed by atoms with Crippen LogP contribution in [0.25, 0.3) is 0 Å². The van der Waals surface area contributed by atoms with Crippen molar-refractivity contribution in [3.05, 3.63) is 93.5 Å². The second kappa shape index (κ2) is 10.3. The van der Waals surface area contributed by atoms with Crippen LogP contribution in [0.15, 0.2) is 60.7 Å². The van der Waals surface area contributed by atoms with Crippen molar-refractivity contribution in [3.63, 3.8) is 0 Å². The number of aromatic hydroxyl groups is 1. The number of hydrogen-bond acceptors (Lipinski definition) is 5. The van der Waals surface area contributed by atoms with Crippen molar-refractivity contribution >= 4 is 19.2 Å². The van der Waals surface area contributed by atoms with E-state index in [9.17, 15) is 9.67 Å². The smallest absolute Gasteiger partial charge is 0.368 e. The number of ether oxygens (including phenoxy) is 1. The maximum atomic E-state index is 13.1. The van der Waals surface area contributed by atoms with Gasteiger partial charge in [-0.15, -0.1) is 0 Å². The second-order valence-corrected chi connectivity index (χ2v) is 10.6. The summed E-state index contributed by atoms with van der Waals surface area (Å²) in [7, 11) is -3.40. The molecule has 1 aliphatic heterocycles. The molecule has 0 aliphatic carbocycles. The summed E-state index contributed by atoms with van der Waals surface area (Å²) in [5.41, 5.74) is 5.19. The zero-order valence-electron chi connectivity index (χ0n) is 18.8. The van der Waals surface area contributed by atoms with Gasteiger partial charge in [0, 0.05) is 11.4 Å². The summed E-state index contributed by atoms with van der Waals surface area (Å²) < 4.78 is 30.3. The van der Waals surface area contributed by atoms with E-state index in [-0.39, 0.29) is 12.5 Å². The molecule has 5 nitrogen and oxygen atoms in total. The molecule has 4 rings (SSSR count). The van der Waals surface area contributed by atoms with E-state index in [1.54, 1.807) is 12.1 Å². The summed E-state index contributed by atoms with van der Waals surface area (Å²) in [4.78, 5) is 0. The molecule has 0 spiro atoms. The lowest BCUT2D eigenvalue weighted by Gasteiger charge is -2.30. The highest BCUT2D eigenvalue weighted by molar-refractivity contribution is 7.53. The minimum Gasteiger partial charge on any atom is -0.508 e. The fourth-order valence-corrected chi connectivity index (χ4v) is 5.64. The number of benzene rings is 3. The molecule has 33 heavy (non-hydrogen) atoms. The van der Waals surface area contributed by atoms with Crippen LogP contribution in [-0.2, 0) is 26.5 Å². The molecule has 0 amide bonds. The third kappa shape index (κ3) is 5.99. The monoisotopic (exact) mass is 486 g/mol. The average Bonchev–Trinajstić information content (AvgIpc) is 2.80. The second-order valence-electron chi connectivity index (χ2n) is 8.24. The first-order chi connectivity index (χ1) is 15.8. The Morgan fingerprint density at radius 1 is 1.12 bits per heavy atom. The van der Waals surface area contributed by atoms with Gasteiger partial charge in [0.25, 0.3) is 0 Å². The van der Waals surface area contributed by atoms with Gasteiger partial charge in [0.2, 0.25) is 0 Å². The number of halogens is 1. The molecule has 7 heteroatoms. The van der Waals surface area contributed by atoms with Crippen molar-refractivity contribution < 1.29 is 23.5 Å². The van der Waals surface area contributed by atoms with Crippen molar-refractivity contribution in [1.29, 1.82) is 0 Å². The highest BCUT2D eigenvalue weighted by atomic mass is 35.5.